The summed E-state index contributed by atoms with van der Waals surface area (Å²) < 4.78 is 16.8. The summed E-state index contributed by atoms with van der Waals surface area (Å²) in [4.78, 5) is 38.1. The van der Waals surface area contributed by atoms with Gasteiger partial charge in [0, 0.05) is 19.3 Å². The third kappa shape index (κ3) is 57.5. The third-order valence-corrected chi connectivity index (χ3v) is 13.1. The van der Waals surface area contributed by atoms with E-state index in [0.29, 0.717) is 19.3 Å². The first-order valence-corrected chi connectivity index (χ1v) is 30.6. The number of carbonyl (C=O) groups excluding carboxylic acids is 3. The van der Waals surface area contributed by atoms with Crippen LogP contribution in [0.3, 0.4) is 0 Å². The highest BCUT2D eigenvalue weighted by molar-refractivity contribution is 5.71. The van der Waals surface area contributed by atoms with E-state index in [-0.39, 0.29) is 31.1 Å². The molecule has 0 N–H and O–H groups in total. The Bertz CT molecular complexity index is 1380. The van der Waals surface area contributed by atoms with E-state index < -0.39 is 6.10 Å². The second kappa shape index (κ2) is 60.1. The minimum atomic E-state index is -0.787. The van der Waals surface area contributed by atoms with Crippen LogP contribution in [0.2, 0.25) is 0 Å². The Balaban J connectivity index is 4.09. The number of hydrogen-bond donors (Lipinski definition) is 0. The quantitative estimate of drug-likeness (QED) is 0.0261. The highest BCUT2D eigenvalue weighted by Gasteiger charge is 2.19. The summed E-state index contributed by atoms with van der Waals surface area (Å²) in [6.45, 7) is 6.39. The fourth-order valence-electron chi connectivity index (χ4n) is 8.63. The lowest BCUT2D eigenvalue weighted by Crippen LogP contribution is -2.30. The first-order valence-electron chi connectivity index (χ1n) is 30.6. The van der Waals surface area contributed by atoms with Crippen molar-refractivity contribution >= 4 is 17.9 Å². The Labute approximate surface area is 445 Å². The van der Waals surface area contributed by atoms with Gasteiger partial charge in [-0.05, 0) is 89.9 Å². The predicted molar refractivity (Wildman–Crippen MR) is 311 cm³/mol. The van der Waals surface area contributed by atoms with Crippen molar-refractivity contribution in [1.82, 2.24) is 0 Å². The molecule has 0 heterocycles. The fourth-order valence-corrected chi connectivity index (χ4v) is 8.63. The molecule has 0 aliphatic carbocycles. The number of unbranched alkanes of at least 4 members (excludes halogenated alkanes) is 30. The van der Waals surface area contributed by atoms with Crippen molar-refractivity contribution in [3.8, 4) is 0 Å². The molecule has 0 bridgehead atoms. The smallest absolute Gasteiger partial charge is 0.306 e. The molecule has 0 saturated heterocycles. The molecule has 414 valence electrons. The molecule has 0 saturated carbocycles. The standard InChI is InChI=1S/C66H114O6/c1-4-7-10-13-16-19-22-24-25-26-27-28-29-30-31-32-33-34-35-36-37-38-39-40-41-43-44-47-50-53-56-59-65(68)71-62-63(61-70-64(67)58-55-52-49-46-21-18-15-12-9-6-3)72-66(69)60-57-54-51-48-45-42-23-20-17-14-11-8-5-2/h7-8,10-11,16-17,19-20,24-25,27-28,42,45,63H,4-6,9,12-15,18,21-23,26,29-41,43-44,46-62H2,1-3H3/b10-7-,11-8-,19-16-,20-17-,25-24-,28-27-,45-42-. The molecule has 1 atom stereocenters. The maximum absolute atomic E-state index is 12.8. The molecule has 0 aromatic carbocycles. The Morgan fingerprint density at radius 1 is 0.292 bits per heavy atom. The average molecular weight is 1000 g/mol. The SMILES string of the molecule is CC/C=C\C/C=C\C/C=C\C/C=C\CCCCCCCCCCCCCCCCCCCCC(=O)OCC(COC(=O)CCCCCCCCCCCC)OC(=O)CCCCC/C=C\C/C=C\C/C=C\CC. The molecule has 0 amide bonds. The second-order valence-electron chi connectivity index (χ2n) is 20.2. The summed E-state index contributed by atoms with van der Waals surface area (Å²) in [5, 5.41) is 0. The van der Waals surface area contributed by atoms with Crippen LogP contribution in [0, 0.1) is 0 Å². The van der Waals surface area contributed by atoms with Crippen molar-refractivity contribution < 1.29 is 28.6 Å². The van der Waals surface area contributed by atoms with Crippen molar-refractivity contribution in [2.75, 3.05) is 13.2 Å². The minimum Gasteiger partial charge on any atom is -0.462 e. The number of rotatable bonds is 55. The molecule has 1 unspecified atom stereocenters. The zero-order valence-electron chi connectivity index (χ0n) is 47.4. The van der Waals surface area contributed by atoms with Gasteiger partial charge < -0.3 is 14.2 Å². The molecular formula is C66H114O6. The van der Waals surface area contributed by atoms with Gasteiger partial charge in [0.05, 0.1) is 0 Å². The fraction of sp³-hybridized carbons (Fsp3) is 0.742. The highest BCUT2D eigenvalue weighted by atomic mass is 16.6. The van der Waals surface area contributed by atoms with Crippen molar-refractivity contribution in [3.63, 3.8) is 0 Å². The van der Waals surface area contributed by atoms with Crippen LogP contribution in [-0.4, -0.2) is 37.2 Å². The molecule has 0 aromatic rings. The molecule has 0 aliphatic rings. The number of esters is 3. The molecule has 6 nitrogen and oxygen atoms in total. The Kier molecular flexibility index (Phi) is 57.3. The summed E-state index contributed by atoms with van der Waals surface area (Å²) in [6.07, 6.45) is 79.0. The first-order chi connectivity index (χ1) is 35.5. The Hall–Kier alpha value is -3.41. The lowest BCUT2D eigenvalue weighted by molar-refractivity contribution is -0.167. The van der Waals surface area contributed by atoms with Crippen LogP contribution in [0.5, 0.6) is 0 Å². The van der Waals surface area contributed by atoms with Gasteiger partial charge in [0.25, 0.3) is 0 Å². The van der Waals surface area contributed by atoms with Gasteiger partial charge in [-0.2, -0.15) is 0 Å². The number of ether oxygens (including phenoxy) is 3. The molecule has 0 spiro atoms. The number of hydrogen-bond acceptors (Lipinski definition) is 6. The number of carbonyl (C=O) groups is 3. The topological polar surface area (TPSA) is 78.9 Å². The van der Waals surface area contributed by atoms with Gasteiger partial charge in [0.1, 0.15) is 13.2 Å². The van der Waals surface area contributed by atoms with Gasteiger partial charge in [-0.15, -0.1) is 0 Å². The first kappa shape index (κ1) is 68.6. The molecule has 0 fully saturated rings. The van der Waals surface area contributed by atoms with Crippen LogP contribution < -0.4 is 0 Å². The second-order valence-corrected chi connectivity index (χ2v) is 20.2. The maximum Gasteiger partial charge on any atom is 0.306 e. The monoisotopic (exact) mass is 1000 g/mol. The molecule has 0 aliphatic heterocycles. The molecule has 0 rings (SSSR count). The minimum absolute atomic E-state index is 0.0843. The van der Waals surface area contributed by atoms with Crippen LogP contribution >= 0.6 is 0 Å². The Morgan fingerprint density at radius 3 is 0.861 bits per heavy atom. The summed E-state index contributed by atoms with van der Waals surface area (Å²) in [5.41, 5.74) is 0. The van der Waals surface area contributed by atoms with Gasteiger partial charge in [-0.3, -0.25) is 14.4 Å². The molecule has 0 aromatic heterocycles. The zero-order chi connectivity index (χ0) is 52.2. The van der Waals surface area contributed by atoms with E-state index >= 15 is 0 Å². The lowest BCUT2D eigenvalue weighted by atomic mass is 10.0. The van der Waals surface area contributed by atoms with Crippen LogP contribution in [-0.2, 0) is 28.6 Å². The van der Waals surface area contributed by atoms with Gasteiger partial charge >= 0.3 is 17.9 Å². The Morgan fingerprint density at radius 2 is 0.542 bits per heavy atom. The van der Waals surface area contributed by atoms with Crippen LogP contribution in [0.25, 0.3) is 0 Å². The van der Waals surface area contributed by atoms with E-state index in [1.165, 1.54) is 148 Å². The van der Waals surface area contributed by atoms with E-state index in [1.807, 2.05) is 0 Å². The lowest BCUT2D eigenvalue weighted by Gasteiger charge is -2.18. The average Bonchev–Trinajstić information content (AvgIpc) is 3.38. The largest absolute Gasteiger partial charge is 0.462 e. The van der Waals surface area contributed by atoms with Gasteiger partial charge in [-0.25, -0.2) is 0 Å². The molecule has 6 heteroatoms. The van der Waals surface area contributed by atoms with Gasteiger partial charge in [0.15, 0.2) is 6.10 Å². The summed E-state index contributed by atoms with van der Waals surface area (Å²) in [5.74, 6) is -0.906. The molecule has 72 heavy (non-hydrogen) atoms. The van der Waals surface area contributed by atoms with Crippen molar-refractivity contribution in [2.45, 2.75) is 303 Å². The normalized spacial score (nSPS) is 12.7. The van der Waals surface area contributed by atoms with Crippen molar-refractivity contribution in [2.24, 2.45) is 0 Å². The molecular weight excluding hydrogens is 889 g/mol. The maximum atomic E-state index is 12.8. The number of allylic oxidation sites excluding steroid dienone is 14. The van der Waals surface area contributed by atoms with Crippen molar-refractivity contribution in [1.29, 1.82) is 0 Å². The molecule has 0 radical (unpaired) electrons. The predicted octanol–water partition coefficient (Wildman–Crippen LogP) is 20.7. The summed E-state index contributed by atoms with van der Waals surface area (Å²) in [6, 6.07) is 0. The summed E-state index contributed by atoms with van der Waals surface area (Å²) in [7, 11) is 0. The highest BCUT2D eigenvalue weighted by Crippen LogP contribution is 2.17. The van der Waals surface area contributed by atoms with Gasteiger partial charge in [0.2, 0.25) is 0 Å². The summed E-state index contributed by atoms with van der Waals surface area (Å²) >= 11 is 0. The van der Waals surface area contributed by atoms with Crippen LogP contribution in [0.15, 0.2) is 85.1 Å². The van der Waals surface area contributed by atoms with E-state index in [0.717, 1.165) is 109 Å². The van der Waals surface area contributed by atoms with E-state index in [9.17, 15) is 14.4 Å². The van der Waals surface area contributed by atoms with Crippen LogP contribution in [0.1, 0.15) is 297 Å². The van der Waals surface area contributed by atoms with E-state index in [2.05, 4.69) is 106 Å². The van der Waals surface area contributed by atoms with E-state index in [1.54, 1.807) is 0 Å². The zero-order valence-corrected chi connectivity index (χ0v) is 47.4. The van der Waals surface area contributed by atoms with E-state index in [4.69, 9.17) is 14.2 Å². The third-order valence-electron chi connectivity index (χ3n) is 13.1. The van der Waals surface area contributed by atoms with Gasteiger partial charge in [-0.1, -0.05) is 273 Å². The van der Waals surface area contributed by atoms with Crippen LogP contribution in [0.4, 0.5) is 0 Å². The van der Waals surface area contributed by atoms with Crippen molar-refractivity contribution in [3.05, 3.63) is 85.1 Å².